The van der Waals surface area contributed by atoms with E-state index in [-0.39, 0.29) is 125 Å². The van der Waals surface area contributed by atoms with Crippen molar-refractivity contribution in [3.05, 3.63) is 253 Å². The van der Waals surface area contributed by atoms with Crippen molar-refractivity contribution in [1.82, 2.24) is 0 Å². The van der Waals surface area contributed by atoms with Crippen molar-refractivity contribution in [1.29, 1.82) is 0 Å². The molecule has 668 valence electrons. The van der Waals surface area contributed by atoms with Gasteiger partial charge in [0.25, 0.3) is 16.6 Å². The molecular formula is C107H144O13SSi3. The Morgan fingerprint density at radius 1 is 0.435 bits per heavy atom. The highest BCUT2D eigenvalue weighted by atomic mass is 32.2. The summed E-state index contributed by atoms with van der Waals surface area (Å²) in [4.78, 5) is -0.696. The van der Waals surface area contributed by atoms with Gasteiger partial charge in [0.1, 0.15) is 22.7 Å². The van der Waals surface area contributed by atoms with Crippen LogP contribution in [0.3, 0.4) is 0 Å². The second kappa shape index (κ2) is 38.1. The Hall–Kier alpha value is -5.50. The van der Waals surface area contributed by atoms with Gasteiger partial charge in [-0.15, -0.1) is 11.8 Å². The van der Waals surface area contributed by atoms with Gasteiger partial charge in [0, 0.05) is 32.3 Å². The van der Waals surface area contributed by atoms with Gasteiger partial charge in [0.05, 0.1) is 109 Å². The average molecular weight is 1750 g/mol. The molecule has 7 fully saturated rings. The van der Waals surface area contributed by atoms with E-state index in [1.54, 1.807) is 0 Å². The molecule has 0 bridgehead atoms. The van der Waals surface area contributed by atoms with E-state index in [4.69, 9.17) is 60.6 Å². The number of rotatable bonds is 22. The molecule has 16 rings (SSSR count). The molecule has 0 aliphatic carbocycles. The second-order valence-corrected chi connectivity index (χ2v) is 56.7. The van der Waals surface area contributed by atoms with E-state index < -0.39 is 52.8 Å². The van der Waals surface area contributed by atoms with Crippen LogP contribution in [0, 0.1) is 11.8 Å². The number of benzene rings is 7. The van der Waals surface area contributed by atoms with Gasteiger partial charge in [-0.2, -0.15) is 0 Å². The van der Waals surface area contributed by atoms with Crippen molar-refractivity contribution in [3.8, 4) is 0 Å². The zero-order valence-electron chi connectivity index (χ0n) is 77.1. The molecule has 7 aromatic rings. The number of ether oxygens (including phenoxy) is 10. The lowest BCUT2D eigenvalue weighted by Gasteiger charge is -2.57. The van der Waals surface area contributed by atoms with Crippen molar-refractivity contribution < 1.29 is 60.6 Å². The van der Waals surface area contributed by atoms with Gasteiger partial charge in [0.15, 0.2) is 8.32 Å². The van der Waals surface area contributed by atoms with Crippen molar-refractivity contribution in [2.24, 2.45) is 11.8 Å². The second-order valence-electron chi connectivity index (χ2n) is 41.8. The first-order chi connectivity index (χ1) is 59.5. The van der Waals surface area contributed by atoms with Gasteiger partial charge in [-0.3, -0.25) is 0 Å². The minimum atomic E-state index is -3.14. The molecule has 9 heterocycles. The molecule has 7 aromatic carbocycles. The Bertz CT molecular complexity index is 4430. The molecule has 0 radical (unpaired) electrons. The van der Waals surface area contributed by atoms with Crippen LogP contribution in [0.1, 0.15) is 216 Å². The maximum absolute atomic E-state index is 8.39. The summed E-state index contributed by atoms with van der Waals surface area (Å²) in [7, 11) is -8.14. The fourth-order valence-corrected chi connectivity index (χ4v) is 34.9. The van der Waals surface area contributed by atoms with Crippen molar-refractivity contribution in [2.75, 3.05) is 19.0 Å². The Morgan fingerprint density at radius 2 is 0.960 bits per heavy atom. The van der Waals surface area contributed by atoms with E-state index in [0.717, 1.165) is 86.7 Å². The van der Waals surface area contributed by atoms with E-state index >= 15 is 0 Å². The molecule has 0 amide bonds. The van der Waals surface area contributed by atoms with Crippen LogP contribution in [0.2, 0.25) is 28.2 Å². The summed E-state index contributed by atoms with van der Waals surface area (Å²) in [5.74, 6) is 1.17. The quantitative estimate of drug-likeness (QED) is 0.0277. The topological polar surface area (TPSA) is 120 Å². The molecule has 0 aromatic heterocycles. The van der Waals surface area contributed by atoms with Gasteiger partial charge >= 0.3 is 0 Å². The molecule has 7 saturated heterocycles. The summed E-state index contributed by atoms with van der Waals surface area (Å²) in [6.07, 6.45) is 17.8. The van der Waals surface area contributed by atoms with Crippen LogP contribution >= 0.6 is 11.8 Å². The summed E-state index contributed by atoms with van der Waals surface area (Å²) < 4.78 is 101. The van der Waals surface area contributed by atoms with Crippen LogP contribution in [0.25, 0.3) is 0 Å². The van der Waals surface area contributed by atoms with E-state index in [2.05, 4.69) is 347 Å². The van der Waals surface area contributed by atoms with E-state index in [0.29, 0.717) is 51.7 Å². The van der Waals surface area contributed by atoms with Crippen molar-refractivity contribution in [3.63, 3.8) is 0 Å². The van der Waals surface area contributed by atoms with Crippen LogP contribution in [-0.4, -0.2) is 164 Å². The van der Waals surface area contributed by atoms with Crippen molar-refractivity contribution in [2.45, 2.75) is 353 Å². The van der Waals surface area contributed by atoms with Gasteiger partial charge in [0.2, 0.25) is 0 Å². The largest absolute Gasteiger partial charge is 0.411 e. The van der Waals surface area contributed by atoms with E-state index in [1.807, 2.05) is 11.8 Å². The maximum Gasteiger partial charge on any atom is 0.261 e. The fraction of sp³-hybridized carbons (Fsp3) is 0.570. The fourth-order valence-electron chi connectivity index (χ4n) is 23.0. The van der Waals surface area contributed by atoms with Crippen LogP contribution in [0.4, 0.5) is 0 Å². The molecule has 124 heavy (non-hydrogen) atoms. The molecule has 9 aliphatic rings. The van der Waals surface area contributed by atoms with Gasteiger partial charge in [-0.1, -0.05) is 320 Å². The van der Waals surface area contributed by atoms with Gasteiger partial charge < -0.3 is 60.6 Å². The standard InChI is InChI=1S/C107H144O13SSi3/c1-17-121-106-65-42-63-96-105(14,74-95-89(113-96)71-93-100(115-95)94(119-122(15,16)101(4,5)6)70-80(110-93)50-43-66-109-123(102(7,8)9,81-51-31-21-32-52-81)82-53-33-22-34-54-82)118-97(106)62-41-61-85-87(117-106)59-39-40-60-88-99(114-85)76(3)69-91-90(111-88)72-98-104(13,116-91)73-75(2)68-92(120-124(103(10,11)12,83-55-35-23-36-56-83)84-57-37-24-38-58-84)86(112-98)64-67-108-107(77-44-25-18-26-45-77,78-46-27-19-28-47-78)79-48-29-20-30-49-79/h18-41,44-49,51-58,62,75-76,80,85-100H,17,42-43,50,59-61,63-74H2,1-16H3/b40-39-,62-41-/t75-,76+,80-,85+,86-,87-,88+,89+,90-,91+,92+,93-,94+,95-,96-,97-,98+,99-,100-,104-,105+,106-/m1/s1. The first-order valence-corrected chi connectivity index (χ1v) is 55.1. The number of fused-ring (bicyclic) bond motifs is 8. The normalized spacial score (nSPS) is 33.9. The van der Waals surface area contributed by atoms with Crippen molar-refractivity contribution >= 4 is 57.5 Å². The Labute approximate surface area is 750 Å². The molecule has 0 saturated carbocycles. The highest BCUT2D eigenvalue weighted by Crippen LogP contribution is 2.54. The number of thioether (sulfide) groups is 1. The zero-order valence-corrected chi connectivity index (χ0v) is 81.0. The zero-order chi connectivity index (χ0) is 86.9. The lowest BCUT2D eigenvalue weighted by Crippen LogP contribution is -2.69. The number of hydrogen-bond donors (Lipinski definition) is 0. The van der Waals surface area contributed by atoms with Crippen LogP contribution in [0.5, 0.6) is 0 Å². The average Bonchev–Trinajstić information content (AvgIpc) is 0.776. The molecule has 13 nitrogen and oxygen atoms in total. The summed E-state index contributed by atoms with van der Waals surface area (Å²) in [6, 6.07) is 76.5. The molecule has 0 unspecified atom stereocenters. The minimum absolute atomic E-state index is 0.00721. The van der Waals surface area contributed by atoms with Gasteiger partial charge in [-0.05, 0) is 174 Å². The molecule has 22 atom stereocenters. The monoisotopic (exact) mass is 1750 g/mol. The third-order valence-corrected chi connectivity index (χ3v) is 45.9. The van der Waals surface area contributed by atoms with Crippen LogP contribution in [0.15, 0.2) is 237 Å². The molecular weight excluding hydrogens is 1610 g/mol. The van der Waals surface area contributed by atoms with E-state index in [9.17, 15) is 0 Å². The maximum atomic E-state index is 8.39. The first kappa shape index (κ1) is 91.8. The highest BCUT2D eigenvalue weighted by Gasteiger charge is 2.62. The number of hydrogen-bond acceptors (Lipinski definition) is 14. The predicted octanol–water partition coefficient (Wildman–Crippen LogP) is 21.3. The Balaban J connectivity index is 0.635. The lowest BCUT2D eigenvalue weighted by molar-refractivity contribution is -0.317. The first-order valence-electron chi connectivity index (χ1n) is 47.4. The summed E-state index contributed by atoms with van der Waals surface area (Å²) in [5.41, 5.74) is 0.953. The summed E-state index contributed by atoms with van der Waals surface area (Å²) >= 11 is 1.90. The summed E-state index contributed by atoms with van der Waals surface area (Å²) in [5, 5.41) is 4.73. The third-order valence-electron chi connectivity index (χ3n) is 30.0. The third kappa shape index (κ3) is 18.8. The van der Waals surface area contributed by atoms with E-state index in [1.165, 1.54) is 20.7 Å². The molecule has 9 aliphatic heterocycles. The van der Waals surface area contributed by atoms with Gasteiger partial charge in [-0.25, -0.2) is 0 Å². The lowest BCUT2D eigenvalue weighted by atomic mass is 9.77. The minimum Gasteiger partial charge on any atom is -0.411 e. The highest BCUT2D eigenvalue weighted by molar-refractivity contribution is 8.00. The summed E-state index contributed by atoms with van der Waals surface area (Å²) in [6.45, 7) is 38.8. The molecule has 0 spiro atoms. The molecule has 0 N–H and O–H groups in total. The smallest absolute Gasteiger partial charge is 0.261 e. The Kier molecular flexibility index (Phi) is 28.2. The SMILES string of the molecule is CCS[C@]12CCC[C@H]3O[C@H]4C[C@H]5O[C@H](CCCO[Si](c6ccccc6)(c6ccccc6)C(C)(C)C)C[C@H](O[Si](C)(C)C(C)(C)C)[C@@H]5O[C@@H]4C[C@]3(C)O[C@@H]1/C=C\C[C@@H]1O[C@H]3[C@H](C/C=C\C[C@H]1O2)O[C@@H]1C[C@@H]2O[C@H](CCOC(c4ccccc4)(c4ccccc4)c4ccccc4)[C@@H](O[Si](c4ccccc4)(c4ccccc4)C(C)(C)C)C[C@@H](C)C[C@@]2(C)O[C@H]1C[C@@H]3C. The van der Waals surface area contributed by atoms with Crippen LogP contribution in [-0.2, 0) is 66.2 Å². The predicted molar refractivity (Wildman–Crippen MR) is 508 cm³/mol. The Morgan fingerprint density at radius 3 is 1.52 bits per heavy atom. The molecule has 17 heteroatoms. The van der Waals surface area contributed by atoms with Crippen LogP contribution < -0.4 is 20.7 Å².